The summed E-state index contributed by atoms with van der Waals surface area (Å²) >= 11 is 0.157. The Hall–Kier alpha value is -7.49. The first-order valence-electron chi connectivity index (χ1n) is 21.9. The summed E-state index contributed by atoms with van der Waals surface area (Å²) in [5.74, 6) is 0. The summed E-state index contributed by atoms with van der Waals surface area (Å²) in [5, 5.41) is 17.7. The van der Waals surface area contributed by atoms with Crippen molar-refractivity contribution >= 4 is 33.8 Å². The number of benzene rings is 9. The minimum absolute atomic E-state index is 0.157. The Balaban J connectivity index is 1.28. The Kier molecular flexibility index (Phi) is 9.37. The fourth-order valence-corrected chi connectivity index (χ4v) is 12.5. The third-order valence-electron chi connectivity index (χ3n) is 13.2. The number of aryl methyl sites for hydroxylation is 1. The zero-order valence-electron chi connectivity index (χ0n) is 35.5. The van der Waals surface area contributed by atoms with Gasteiger partial charge in [0.05, 0.1) is 0 Å². The number of rotatable bonds is 7. The SMILES string of the molecule is Cc1cc2c(c(-c3c(-c4ccccc4)nnnc3-c3c(-c4ccccc4-c4ccccc4)cccc3-c3c(-c4ccccc4)ccc4[se]c5ccccc5c34)c1C)Cc1ccccc1-2. The molecule has 0 saturated carbocycles. The summed E-state index contributed by atoms with van der Waals surface area (Å²) in [5.41, 5.74) is 22.8. The van der Waals surface area contributed by atoms with Gasteiger partial charge in [0.1, 0.15) is 0 Å². The Morgan fingerprint density at radius 3 is 1.75 bits per heavy atom. The molecule has 11 aromatic rings. The molecular formula is C60H41N3Se. The van der Waals surface area contributed by atoms with E-state index in [0.717, 1.165) is 62.3 Å². The van der Waals surface area contributed by atoms with E-state index in [9.17, 15) is 0 Å². The van der Waals surface area contributed by atoms with Crippen molar-refractivity contribution in [3.63, 3.8) is 0 Å². The van der Waals surface area contributed by atoms with E-state index in [4.69, 9.17) is 15.4 Å². The van der Waals surface area contributed by atoms with Crippen LogP contribution in [0, 0.1) is 13.8 Å². The fraction of sp³-hybridized carbons (Fsp3) is 0.0500. The Morgan fingerprint density at radius 1 is 0.391 bits per heavy atom. The number of aromatic nitrogens is 3. The Morgan fingerprint density at radius 2 is 0.984 bits per heavy atom. The van der Waals surface area contributed by atoms with E-state index in [1.807, 2.05) is 0 Å². The normalized spacial score (nSPS) is 11.8. The van der Waals surface area contributed by atoms with Crippen LogP contribution in [0.5, 0.6) is 0 Å². The van der Waals surface area contributed by atoms with Crippen molar-refractivity contribution in [1.82, 2.24) is 15.4 Å². The first kappa shape index (κ1) is 38.2. The monoisotopic (exact) mass is 883 g/mol. The minimum atomic E-state index is 0.157. The molecule has 0 radical (unpaired) electrons. The van der Waals surface area contributed by atoms with E-state index in [1.54, 1.807) is 0 Å². The van der Waals surface area contributed by atoms with Gasteiger partial charge in [-0.15, -0.1) is 0 Å². The van der Waals surface area contributed by atoms with Crippen molar-refractivity contribution in [3.8, 4) is 89.3 Å². The Bertz CT molecular complexity index is 3590. The van der Waals surface area contributed by atoms with E-state index >= 15 is 0 Å². The molecule has 1 aliphatic carbocycles. The van der Waals surface area contributed by atoms with E-state index < -0.39 is 0 Å². The fourth-order valence-electron chi connectivity index (χ4n) is 10.2. The topological polar surface area (TPSA) is 38.7 Å². The molecule has 0 spiro atoms. The maximum absolute atomic E-state index is 5.31. The molecule has 0 unspecified atom stereocenters. The molecule has 2 heterocycles. The number of hydrogen-bond donors (Lipinski definition) is 0. The van der Waals surface area contributed by atoms with Gasteiger partial charge in [0.2, 0.25) is 0 Å². The van der Waals surface area contributed by atoms with E-state index in [0.29, 0.717) is 0 Å². The molecule has 0 atom stereocenters. The number of fused-ring (bicyclic) bond motifs is 6. The predicted molar refractivity (Wildman–Crippen MR) is 268 cm³/mol. The van der Waals surface area contributed by atoms with Gasteiger partial charge in [-0.25, -0.2) is 0 Å². The van der Waals surface area contributed by atoms with Gasteiger partial charge in [0.25, 0.3) is 0 Å². The van der Waals surface area contributed by atoms with E-state index in [2.05, 4.69) is 214 Å². The molecule has 0 N–H and O–H groups in total. The zero-order chi connectivity index (χ0) is 42.7. The Labute approximate surface area is 379 Å². The van der Waals surface area contributed by atoms with Crippen LogP contribution in [0.4, 0.5) is 0 Å². The van der Waals surface area contributed by atoms with E-state index in [1.165, 1.54) is 74.9 Å². The van der Waals surface area contributed by atoms with Gasteiger partial charge in [-0.3, -0.25) is 0 Å². The average molecular weight is 883 g/mol. The molecule has 302 valence electrons. The summed E-state index contributed by atoms with van der Waals surface area (Å²) in [7, 11) is 0. The van der Waals surface area contributed by atoms with Crippen LogP contribution in [0.15, 0.2) is 200 Å². The second-order valence-corrected chi connectivity index (χ2v) is 19.0. The van der Waals surface area contributed by atoms with Crippen molar-refractivity contribution in [2.45, 2.75) is 20.3 Å². The molecule has 12 rings (SSSR count). The molecular weight excluding hydrogens is 842 g/mol. The zero-order valence-corrected chi connectivity index (χ0v) is 37.2. The quantitative estimate of drug-likeness (QED) is 0.150. The van der Waals surface area contributed by atoms with Gasteiger partial charge < -0.3 is 0 Å². The second kappa shape index (κ2) is 15.7. The van der Waals surface area contributed by atoms with Crippen molar-refractivity contribution < 1.29 is 0 Å². The van der Waals surface area contributed by atoms with Gasteiger partial charge in [-0.1, -0.05) is 12.1 Å². The second-order valence-electron chi connectivity index (χ2n) is 16.7. The van der Waals surface area contributed by atoms with Crippen molar-refractivity contribution in [2.75, 3.05) is 0 Å². The third kappa shape index (κ3) is 6.21. The van der Waals surface area contributed by atoms with Crippen LogP contribution in [0.3, 0.4) is 0 Å². The van der Waals surface area contributed by atoms with E-state index in [-0.39, 0.29) is 14.5 Å². The summed E-state index contributed by atoms with van der Waals surface area (Å²) in [6.07, 6.45) is 0.826. The molecule has 1 aliphatic rings. The molecule has 0 aliphatic heterocycles. The van der Waals surface area contributed by atoms with Gasteiger partial charge >= 0.3 is 369 Å². The van der Waals surface area contributed by atoms with Crippen LogP contribution in [-0.2, 0) is 6.42 Å². The summed E-state index contributed by atoms with van der Waals surface area (Å²) in [6.45, 7) is 4.53. The molecule has 0 fully saturated rings. The molecule has 0 amide bonds. The summed E-state index contributed by atoms with van der Waals surface area (Å²) in [6, 6.07) is 72.9. The third-order valence-corrected chi connectivity index (χ3v) is 15.6. The molecule has 0 bridgehead atoms. The summed E-state index contributed by atoms with van der Waals surface area (Å²) < 4.78 is 2.80. The van der Waals surface area contributed by atoms with Gasteiger partial charge in [0, 0.05) is 0 Å². The molecule has 2 aromatic heterocycles. The van der Waals surface area contributed by atoms with Gasteiger partial charge in [-0.05, 0) is 0 Å². The van der Waals surface area contributed by atoms with Crippen LogP contribution in [0.1, 0.15) is 22.3 Å². The molecule has 64 heavy (non-hydrogen) atoms. The molecule has 4 heteroatoms. The molecule has 9 aromatic carbocycles. The number of hydrogen-bond acceptors (Lipinski definition) is 3. The first-order valence-corrected chi connectivity index (χ1v) is 23.6. The predicted octanol–water partition coefficient (Wildman–Crippen LogP) is 15.1. The number of nitrogens with zero attached hydrogens (tertiary/aromatic N) is 3. The van der Waals surface area contributed by atoms with Crippen LogP contribution < -0.4 is 0 Å². The van der Waals surface area contributed by atoms with Crippen LogP contribution in [-0.4, -0.2) is 29.9 Å². The van der Waals surface area contributed by atoms with Crippen molar-refractivity contribution in [2.24, 2.45) is 0 Å². The summed E-state index contributed by atoms with van der Waals surface area (Å²) in [4.78, 5) is 0. The molecule has 0 saturated heterocycles. The van der Waals surface area contributed by atoms with Crippen molar-refractivity contribution in [3.05, 3.63) is 222 Å². The molecule has 3 nitrogen and oxygen atoms in total. The van der Waals surface area contributed by atoms with Crippen LogP contribution in [0.2, 0.25) is 0 Å². The van der Waals surface area contributed by atoms with Crippen LogP contribution in [0.25, 0.3) is 109 Å². The van der Waals surface area contributed by atoms with Gasteiger partial charge in [-0.2, -0.15) is 0 Å². The first-order chi connectivity index (χ1) is 31.6. The average Bonchev–Trinajstić information content (AvgIpc) is 3.93. The maximum atomic E-state index is 5.31. The van der Waals surface area contributed by atoms with Gasteiger partial charge in [0.15, 0.2) is 0 Å². The standard InChI is InChI=1S/C60H41N3Se/c1-37-35-50-44-27-13-12-25-42(44)36-51(50)54(38(37)2)58-59(41-23-10-5-11-24-41)61-63-62-60(58)56-47(46-28-15-14-26-43(46)39-19-6-3-7-20-39)30-18-31-49(56)55-45(40-21-8-4-9-22-40)33-34-53-57(55)48-29-16-17-32-52(48)64-53/h3-35H,36H2,1-2H3. The van der Waals surface area contributed by atoms with Crippen molar-refractivity contribution in [1.29, 1.82) is 0 Å². The van der Waals surface area contributed by atoms with Crippen LogP contribution >= 0.6 is 0 Å².